The first-order valence-electron chi connectivity index (χ1n) is 11.7. The van der Waals surface area contributed by atoms with Crippen molar-refractivity contribution in [2.75, 3.05) is 44.2 Å². The highest BCUT2D eigenvalue weighted by Crippen LogP contribution is 2.58. The summed E-state index contributed by atoms with van der Waals surface area (Å²) in [7, 11) is 0. The molecule has 6 aliphatic rings. The van der Waals surface area contributed by atoms with E-state index in [1.165, 1.54) is 0 Å². The molecule has 2 saturated heterocycles. The average molecular weight is 456 g/mol. The maximum atomic E-state index is 13.1. The third kappa shape index (κ3) is 3.37. The number of allylic oxidation sites excluding steroid dienone is 4. The number of amides is 2. The molecule has 3 heterocycles. The molecule has 7 rings (SSSR count). The van der Waals surface area contributed by atoms with E-state index in [1.54, 1.807) is 17.3 Å². The average Bonchev–Trinajstić information content (AvgIpc) is 3.04. The third-order valence-corrected chi connectivity index (χ3v) is 8.08. The highest BCUT2D eigenvalue weighted by atomic mass is 35.5. The minimum absolute atomic E-state index is 0. The lowest BCUT2D eigenvalue weighted by molar-refractivity contribution is -0.140. The summed E-state index contributed by atoms with van der Waals surface area (Å²) in [5.41, 5.74) is 0. The Morgan fingerprint density at radius 1 is 0.750 bits per heavy atom. The molecule has 6 atom stereocenters. The van der Waals surface area contributed by atoms with Crippen LogP contribution in [0.5, 0.6) is 0 Å². The fraction of sp³-hybridized carbons (Fsp3) is 0.583. The lowest BCUT2D eigenvalue weighted by Gasteiger charge is -2.51. The molecule has 0 unspecified atom stereocenters. The Labute approximate surface area is 195 Å². The summed E-state index contributed by atoms with van der Waals surface area (Å²) in [4.78, 5) is 41.2. The number of carbonyl (C=O) groups is 2. The van der Waals surface area contributed by atoms with Crippen LogP contribution >= 0.6 is 12.4 Å². The second-order valence-corrected chi connectivity index (χ2v) is 9.54. The van der Waals surface area contributed by atoms with Gasteiger partial charge in [-0.05, 0) is 49.1 Å². The van der Waals surface area contributed by atoms with Gasteiger partial charge in [-0.2, -0.15) is 0 Å². The molecule has 2 amide bonds. The van der Waals surface area contributed by atoms with Gasteiger partial charge >= 0.3 is 0 Å². The van der Waals surface area contributed by atoms with E-state index in [1.807, 2.05) is 6.07 Å². The number of piperazine rings is 1. The van der Waals surface area contributed by atoms with Gasteiger partial charge in [0.2, 0.25) is 17.8 Å². The van der Waals surface area contributed by atoms with Crippen LogP contribution in [-0.2, 0) is 9.59 Å². The van der Waals surface area contributed by atoms with Crippen LogP contribution in [0.25, 0.3) is 0 Å². The number of likely N-dealkylation sites (tertiary alicyclic amines) is 1. The van der Waals surface area contributed by atoms with Crippen LogP contribution in [-0.4, -0.2) is 70.9 Å². The van der Waals surface area contributed by atoms with Crippen molar-refractivity contribution in [3.63, 3.8) is 0 Å². The van der Waals surface area contributed by atoms with Crippen LogP contribution in [0.3, 0.4) is 0 Å². The number of rotatable bonds is 6. The van der Waals surface area contributed by atoms with Crippen molar-refractivity contribution in [3.8, 4) is 0 Å². The maximum Gasteiger partial charge on any atom is 0.233 e. The zero-order chi connectivity index (χ0) is 20.9. The predicted molar refractivity (Wildman–Crippen MR) is 123 cm³/mol. The van der Waals surface area contributed by atoms with Crippen LogP contribution in [0.15, 0.2) is 42.8 Å². The molecular formula is C24H30ClN5O2. The number of hydrogen-bond acceptors (Lipinski definition) is 6. The third-order valence-electron chi connectivity index (χ3n) is 8.08. The molecule has 0 spiro atoms. The van der Waals surface area contributed by atoms with Crippen LogP contribution in [0, 0.1) is 35.5 Å². The zero-order valence-electron chi connectivity index (χ0n) is 18.1. The first-order chi connectivity index (χ1) is 15.2. The predicted octanol–water partition coefficient (Wildman–Crippen LogP) is 2.02. The number of anilines is 1. The quantitative estimate of drug-likeness (QED) is 0.371. The molecule has 1 aromatic rings. The van der Waals surface area contributed by atoms with Gasteiger partial charge in [0.15, 0.2) is 0 Å². The molecule has 0 aromatic carbocycles. The molecule has 1 saturated carbocycles. The molecule has 3 fully saturated rings. The fourth-order valence-electron chi connectivity index (χ4n) is 6.40. The summed E-state index contributed by atoms with van der Waals surface area (Å²) in [6.07, 6.45) is 14.4. The van der Waals surface area contributed by atoms with E-state index < -0.39 is 0 Å². The van der Waals surface area contributed by atoms with Gasteiger partial charge in [-0.25, -0.2) is 9.97 Å². The van der Waals surface area contributed by atoms with E-state index in [-0.39, 0.29) is 47.9 Å². The molecule has 170 valence electrons. The molecule has 7 nitrogen and oxygen atoms in total. The zero-order valence-corrected chi connectivity index (χ0v) is 18.9. The van der Waals surface area contributed by atoms with Crippen LogP contribution in [0.1, 0.15) is 12.8 Å². The van der Waals surface area contributed by atoms with E-state index in [0.717, 1.165) is 51.5 Å². The van der Waals surface area contributed by atoms with Gasteiger partial charge < -0.3 is 4.90 Å². The number of nitrogens with zero attached hydrogens (tertiary/aromatic N) is 5. The molecule has 1 aromatic heterocycles. The highest BCUT2D eigenvalue weighted by molar-refractivity contribution is 6.06. The number of halogens is 1. The van der Waals surface area contributed by atoms with Gasteiger partial charge in [-0.1, -0.05) is 24.3 Å². The van der Waals surface area contributed by atoms with Gasteiger partial charge in [-0.3, -0.25) is 19.4 Å². The summed E-state index contributed by atoms with van der Waals surface area (Å²) in [6, 6.07) is 1.84. The number of carbonyl (C=O) groups excluding carboxylic acids is 2. The van der Waals surface area contributed by atoms with Crippen molar-refractivity contribution < 1.29 is 9.59 Å². The topological polar surface area (TPSA) is 69.6 Å². The Morgan fingerprint density at radius 3 is 1.84 bits per heavy atom. The Kier molecular flexibility index (Phi) is 5.80. The van der Waals surface area contributed by atoms with E-state index in [2.05, 4.69) is 44.1 Å². The number of imide groups is 1. The maximum absolute atomic E-state index is 13.1. The summed E-state index contributed by atoms with van der Waals surface area (Å²) in [6.45, 7) is 5.44. The van der Waals surface area contributed by atoms with Crippen LogP contribution in [0.2, 0.25) is 0 Å². The van der Waals surface area contributed by atoms with E-state index in [0.29, 0.717) is 18.4 Å². The monoisotopic (exact) mass is 455 g/mol. The van der Waals surface area contributed by atoms with Gasteiger partial charge in [0, 0.05) is 45.1 Å². The Morgan fingerprint density at radius 2 is 1.28 bits per heavy atom. The second kappa shape index (κ2) is 8.60. The van der Waals surface area contributed by atoms with Crippen LogP contribution in [0.4, 0.5) is 5.95 Å². The standard InChI is InChI=1S/C24H29N5O2.ClH/c30-22-20-18-6-7-19(17-5-4-16(17)18)21(20)23(31)29(22)11-2-1-10-27-12-14-28(15-13-27)24-25-8-3-9-26-24;/h3-9,16-21H,1-2,10-15H2;1H/t16-,17+,18+,19-,20+,21-;. The van der Waals surface area contributed by atoms with E-state index >= 15 is 0 Å². The second-order valence-electron chi connectivity index (χ2n) is 9.54. The van der Waals surface area contributed by atoms with Crippen molar-refractivity contribution in [1.29, 1.82) is 0 Å². The Balaban J connectivity index is 0.00000216. The summed E-state index contributed by atoms with van der Waals surface area (Å²) in [5, 5.41) is 0. The molecule has 4 aliphatic carbocycles. The summed E-state index contributed by atoms with van der Waals surface area (Å²) >= 11 is 0. The summed E-state index contributed by atoms with van der Waals surface area (Å²) in [5.74, 6) is 2.19. The molecule has 8 heteroatoms. The first-order valence-corrected chi connectivity index (χ1v) is 11.7. The largest absolute Gasteiger partial charge is 0.338 e. The number of hydrogen-bond donors (Lipinski definition) is 0. The minimum atomic E-state index is -0.109. The molecule has 0 radical (unpaired) electrons. The molecule has 0 N–H and O–H groups in total. The van der Waals surface area contributed by atoms with Crippen molar-refractivity contribution in [1.82, 2.24) is 19.8 Å². The highest BCUT2D eigenvalue weighted by Gasteiger charge is 2.62. The van der Waals surface area contributed by atoms with Crippen LogP contribution < -0.4 is 4.90 Å². The van der Waals surface area contributed by atoms with Crippen molar-refractivity contribution in [2.24, 2.45) is 35.5 Å². The van der Waals surface area contributed by atoms with Crippen molar-refractivity contribution in [2.45, 2.75) is 12.8 Å². The number of unbranched alkanes of at least 4 members (excludes halogenated alkanes) is 1. The lowest BCUT2D eigenvalue weighted by atomic mass is 9.50. The number of aromatic nitrogens is 2. The van der Waals surface area contributed by atoms with E-state index in [9.17, 15) is 9.59 Å². The first kappa shape index (κ1) is 21.6. The fourth-order valence-corrected chi connectivity index (χ4v) is 6.40. The molecule has 2 aliphatic heterocycles. The smallest absolute Gasteiger partial charge is 0.233 e. The lowest BCUT2D eigenvalue weighted by Crippen LogP contribution is -2.50. The van der Waals surface area contributed by atoms with Gasteiger partial charge in [0.25, 0.3) is 0 Å². The van der Waals surface area contributed by atoms with E-state index in [4.69, 9.17) is 0 Å². The van der Waals surface area contributed by atoms with Crippen molar-refractivity contribution >= 4 is 30.2 Å². The molecule has 2 bridgehead atoms. The minimum Gasteiger partial charge on any atom is -0.338 e. The Hall–Kier alpha value is -2.25. The molecular weight excluding hydrogens is 426 g/mol. The SMILES string of the molecule is Cl.O=C1[C@@H]2[C@@H]3C=C[C@@H]([C@@H]4C=C[C@@H]43)[C@@H]2C(=O)N1CCCCN1CCN(c2ncccn2)CC1. The molecule has 32 heavy (non-hydrogen) atoms. The van der Waals surface area contributed by atoms with Gasteiger partial charge in [0.05, 0.1) is 11.8 Å². The van der Waals surface area contributed by atoms with Gasteiger partial charge in [0.1, 0.15) is 0 Å². The normalized spacial score (nSPS) is 34.9. The Bertz CT molecular complexity index is 890. The van der Waals surface area contributed by atoms with Gasteiger partial charge in [-0.15, -0.1) is 12.4 Å². The summed E-state index contributed by atoms with van der Waals surface area (Å²) < 4.78 is 0. The van der Waals surface area contributed by atoms with Crippen molar-refractivity contribution in [3.05, 3.63) is 42.8 Å².